The van der Waals surface area contributed by atoms with Gasteiger partial charge in [-0.15, -0.1) is 10.2 Å². The van der Waals surface area contributed by atoms with Crippen molar-refractivity contribution in [3.63, 3.8) is 0 Å². The van der Waals surface area contributed by atoms with Crippen molar-refractivity contribution in [2.45, 2.75) is 38.1 Å². The van der Waals surface area contributed by atoms with E-state index in [4.69, 9.17) is 4.42 Å². The predicted molar refractivity (Wildman–Crippen MR) is 85.7 cm³/mol. The van der Waals surface area contributed by atoms with Gasteiger partial charge < -0.3 is 4.42 Å². The van der Waals surface area contributed by atoms with Crippen molar-refractivity contribution in [1.29, 1.82) is 0 Å². The Morgan fingerprint density at radius 2 is 1.86 bits per heavy atom. The van der Waals surface area contributed by atoms with Gasteiger partial charge >= 0.3 is 0 Å². The average molecular weight is 388 g/mol. The minimum absolute atomic E-state index is 0.195. The molecule has 22 heavy (non-hydrogen) atoms. The van der Waals surface area contributed by atoms with E-state index in [1.807, 2.05) is 13.8 Å². The second-order valence-electron chi connectivity index (χ2n) is 5.42. The Kier molecular flexibility index (Phi) is 5.36. The first kappa shape index (κ1) is 17.1. The second-order valence-corrected chi connectivity index (χ2v) is 8.05. The molecule has 120 valence electrons. The standard InChI is InChI=1S/C14H18BrN3O3S/c1-9(2)8-13(14-17-16-10(3)21-14)18-22(19,20)12-6-4-11(15)5-7-12/h4-7,9,13,18H,8H2,1-3H3. The van der Waals surface area contributed by atoms with Gasteiger partial charge in [0.15, 0.2) is 0 Å². The fraction of sp³-hybridized carbons (Fsp3) is 0.429. The van der Waals surface area contributed by atoms with Crippen molar-refractivity contribution in [2.75, 3.05) is 0 Å². The average Bonchev–Trinajstić information content (AvgIpc) is 2.84. The molecule has 0 bridgehead atoms. The quantitative estimate of drug-likeness (QED) is 0.822. The number of nitrogens with one attached hydrogen (secondary N) is 1. The monoisotopic (exact) mass is 387 g/mol. The van der Waals surface area contributed by atoms with Crippen LogP contribution in [0.3, 0.4) is 0 Å². The number of aromatic nitrogens is 2. The van der Waals surface area contributed by atoms with Gasteiger partial charge in [-0.1, -0.05) is 29.8 Å². The molecule has 0 amide bonds. The number of hydrogen-bond acceptors (Lipinski definition) is 5. The molecule has 0 radical (unpaired) electrons. The van der Waals surface area contributed by atoms with Crippen LogP contribution < -0.4 is 4.72 Å². The summed E-state index contributed by atoms with van der Waals surface area (Å²) in [5.74, 6) is 0.961. The number of aryl methyl sites for hydroxylation is 1. The van der Waals surface area contributed by atoms with Crippen LogP contribution in [0.1, 0.15) is 38.1 Å². The molecule has 1 heterocycles. The molecular weight excluding hydrogens is 370 g/mol. The van der Waals surface area contributed by atoms with Gasteiger partial charge in [-0.2, -0.15) is 4.72 Å². The lowest BCUT2D eigenvalue weighted by atomic mass is 10.0. The van der Waals surface area contributed by atoms with Gasteiger partial charge in [0.2, 0.25) is 21.8 Å². The molecule has 0 saturated carbocycles. The Balaban J connectivity index is 2.27. The minimum atomic E-state index is -3.66. The van der Waals surface area contributed by atoms with Gasteiger partial charge in [-0.05, 0) is 36.6 Å². The number of hydrogen-bond donors (Lipinski definition) is 1. The lowest BCUT2D eigenvalue weighted by Crippen LogP contribution is -2.30. The Labute approximate surface area is 138 Å². The largest absolute Gasteiger partial charge is 0.424 e. The minimum Gasteiger partial charge on any atom is -0.424 e. The van der Waals surface area contributed by atoms with Crippen molar-refractivity contribution < 1.29 is 12.8 Å². The molecule has 2 rings (SSSR count). The maximum absolute atomic E-state index is 12.5. The van der Waals surface area contributed by atoms with E-state index in [1.165, 1.54) is 12.1 Å². The van der Waals surface area contributed by atoms with Gasteiger partial charge in [0, 0.05) is 11.4 Å². The lowest BCUT2D eigenvalue weighted by molar-refractivity contribution is 0.372. The molecule has 1 N–H and O–H groups in total. The fourth-order valence-electron chi connectivity index (χ4n) is 1.99. The number of sulfonamides is 1. The van der Waals surface area contributed by atoms with Crippen LogP contribution in [0.2, 0.25) is 0 Å². The van der Waals surface area contributed by atoms with E-state index in [9.17, 15) is 8.42 Å². The predicted octanol–water partition coefficient (Wildman–Crippen LogP) is 3.21. The van der Waals surface area contributed by atoms with E-state index in [0.717, 1.165) is 4.47 Å². The van der Waals surface area contributed by atoms with Crippen LogP contribution in [0.4, 0.5) is 0 Å². The summed E-state index contributed by atoms with van der Waals surface area (Å²) >= 11 is 3.29. The second kappa shape index (κ2) is 6.89. The van der Waals surface area contributed by atoms with Gasteiger partial charge in [0.25, 0.3) is 0 Å². The summed E-state index contributed by atoms with van der Waals surface area (Å²) in [6.45, 7) is 5.68. The molecule has 1 atom stereocenters. The third-order valence-corrected chi connectivity index (χ3v) is 4.98. The van der Waals surface area contributed by atoms with Crippen LogP contribution in [0, 0.1) is 12.8 Å². The molecule has 0 saturated heterocycles. The topological polar surface area (TPSA) is 85.1 Å². The van der Waals surface area contributed by atoms with Crippen LogP contribution in [-0.4, -0.2) is 18.6 Å². The first-order valence-electron chi connectivity index (χ1n) is 6.86. The molecule has 0 spiro atoms. The molecule has 1 aromatic heterocycles. The van der Waals surface area contributed by atoms with Crippen molar-refractivity contribution in [1.82, 2.24) is 14.9 Å². The summed E-state index contributed by atoms with van der Waals surface area (Å²) in [5, 5.41) is 7.71. The van der Waals surface area contributed by atoms with Crippen molar-refractivity contribution >= 4 is 26.0 Å². The molecular formula is C14H18BrN3O3S. The summed E-state index contributed by atoms with van der Waals surface area (Å²) < 4.78 is 33.9. The van der Waals surface area contributed by atoms with Crippen molar-refractivity contribution in [3.05, 3.63) is 40.5 Å². The van der Waals surface area contributed by atoms with E-state index < -0.39 is 16.1 Å². The SMILES string of the molecule is Cc1nnc(C(CC(C)C)NS(=O)(=O)c2ccc(Br)cc2)o1. The highest BCUT2D eigenvalue weighted by atomic mass is 79.9. The summed E-state index contributed by atoms with van der Waals surface area (Å²) in [5.41, 5.74) is 0. The van der Waals surface area contributed by atoms with E-state index >= 15 is 0 Å². The zero-order chi connectivity index (χ0) is 16.3. The summed E-state index contributed by atoms with van der Waals surface area (Å²) in [6, 6.07) is 5.90. The zero-order valence-corrected chi connectivity index (χ0v) is 15.0. The smallest absolute Gasteiger partial charge is 0.241 e. The van der Waals surface area contributed by atoms with Gasteiger partial charge in [0.05, 0.1) is 4.90 Å². The molecule has 0 fully saturated rings. The molecule has 6 nitrogen and oxygen atoms in total. The highest BCUT2D eigenvalue weighted by Gasteiger charge is 2.26. The van der Waals surface area contributed by atoms with E-state index in [0.29, 0.717) is 12.3 Å². The van der Waals surface area contributed by atoms with Gasteiger partial charge in [-0.25, -0.2) is 8.42 Å². The highest BCUT2D eigenvalue weighted by Crippen LogP contribution is 2.23. The van der Waals surface area contributed by atoms with Crippen LogP contribution in [-0.2, 0) is 10.0 Å². The van der Waals surface area contributed by atoms with E-state index in [2.05, 4.69) is 30.8 Å². The third kappa shape index (κ3) is 4.37. The summed E-state index contributed by atoms with van der Waals surface area (Å²) in [7, 11) is -3.66. The third-order valence-electron chi connectivity index (χ3n) is 2.97. The Bertz CT molecular complexity index is 726. The molecule has 0 aliphatic carbocycles. The summed E-state index contributed by atoms with van der Waals surface area (Å²) in [6.07, 6.45) is 0.567. The van der Waals surface area contributed by atoms with Gasteiger partial charge in [0.1, 0.15) is 6.04 Å². The number of halogens is 1. The van der Waals surface area contributed by atoms with Crippen LogP contribution in [0.5, 0.6) is 0 Å². The Morgan fingerprint density at radius 3 is 2.36 bits per heavy atom. The summed E-state index contributed by atoms with van der Waals surface area (Å²) in [4.78, 5) is 0.195. The normalized spacial score (nSPS) is 13.5. The van der Waals surface area contributed by atoms with Crippen LogP contribution >= 0.6 is 15.9 Å². The van der Waals surface area contributed by atoms with Gasteiger partial charge in [-0.3, -0.25) is 0 Å². The maximum Gasteiger partial charge on any atom is 0.241 e. The number of rotatable bonds is 6. The highest BCUT2D eigenvalue weighted by molar-refractivity contribution is 9.10. The van der Waals surface area contributed by atoms with Crippen molar-refractivity contribution in [2.24, 2.45) is 5.92 Å². The molecule has 1 unspecified atom stereocenters. The molecule has 8 heteroatoms. The van der Waals surface area contributed by atoms with Crippen molar-refractivity contribution in [3.8, 4) is 0 Å². The number of benzene rings is 1. The van der Waals surface area contributed by atoms with E-state index in [-0.39, 0.29) is 16.7 Å². The first-order chi connectivity index (χ1) is 10.3. The Morgan fingerprint density at radius 1 is 1.23 bits per heavy atom. The molecule has 0 aliphatic rings. The van der Waals surface area contributed by atoms with E-state index in [1.54, 1.807) is 19.1 Å². The lowest BCUT2D eigenvalue weighted by Gasteiger charge is -2.17. The zero-order valence-electron chi connectivity index (χ0n) is 12.6. The Hall–Kier alpha value is -1.25. The van der Waals surface area contributed by atoms with Crippen LogP contribution in [0.25, 0.3) is 0 Å². The molecule has 2 aromatic rings. The molecule has 1 aromatic carbocycles. The first-order valence-corrected chi connectivity index (χ1v) is 9.13. The van der Waals surface area contributed by atoms with Crippen LogP contribution in [0.15, 0.2) is 38.1 Å². The fourth-order valence-corrected chi connectivity index (χ4v) is 3.46. The maximum atomic E-state index is 12.5. The number of nitrogens with zero attached hydrogens (tertiary/aromatic N) is 2. The molecule has 0 aliphatic heterocycles.